The molecule has 2 N–H and O–H groups in total. The molecule has 0 aromatic heterocycles. The van der Waals surface area contributed by atoms with Crippen LogP contribution in [0.25, 0.3) is 0 Å². The first-order chi connectivity index (χ1) is 6.95. The summed E-state index contributed by atoms with van der Waals surface area (Å²) in [6.07, 6.45) is -1.23. The Morgan fingerprint density at radius 2 is 1.62 bits per heavy atom. The van der Waals surface area contributed by atoms with Crippen molar-refractivity contribution in [3.63, 3.8) is 0 Å². The second-order valence-electron chi connectivity index (χ2n) is 2.67. The van der Waals surface area contributed by atoms with E-state index >= 15 is 0 Å². The van der Waals surface area contributed by atoms with Gasteiger partial charge in [-0.3, -0.25) is 0 Å². The number of aromatic carboxylic acids is 1. The summed E-state index contributed by atoms with van der Waals surface area (Å²) in [5, 5.41) is 25.9. The predicted molar refractivity (Wildman–Crippen MR) is 50.1 cm³/mol. The van der Waals surface area contributed by atoms with Gasteiger partial charge in [0, 0.05) is 0 Å². The van der Waals surface area contributed by atoms with Gasteiger partial charge in [-0.2, -0.15) is 0 Å². The molecule has 1 unspecified atom stereocenters. The Labute approximate surface area is 115 Å². The number of aliphatic carboxylic acids is 1. The fraction of sp³-hybridized carbons (Fsp3) is 0.200. The average Bonchev–Trinajstić information content (AvgIpc) is 2.20. The maximum atomic E-state index is 10.1. The van der Waals surface area contributed by atoms with Crippen molar-refractivity contribution < 1.29 is 54.5 Å². The predicted octanol–water partition coefficient (Wildman–Crippen LogP) is -3.49. The number of carbonyl (C=O) groups excluding carboxylic acids is 1. The molecule has 0 aliphatic rings. The Morgan fingerprint density at radius 3 is 1.81 bits per heavy atom. The molecular weight excluding hydrogens is 223 g/mol. The van der Waals surface area contributed by atoms with E-state index in [9.17, 15) is 14.7 Å². The summed E-state index contributed by atoms with van der Waals surface area (Å²) in [4.78, 5) is 19.5. The van der Waals surface area contributed by atoms with Crippen LogP contribution in [-0.2, 0) is 4.79 Å². The fourth-order valence-corrected chi connectivity index (χ4v) is 0.574. The molecule has 6 heteroatoms. The number of aliphatic hydroxyl groups excluding tert-OH is 1. The molecule has 0 amide bonds. The Hall–Kier alpha value is -0.880. The van der Waals surface area contributed by atoms with Crippen molar-refractivity contribution in [1.29, 1.82) is 0 Å². The minimum absolute atomic E-state index is 0. The molecule has 0 radical (unpaired) electrons. The van der Waals surface area contributed by atoms with E-state index in [-0.39, 0.29) is 35.1 Å². The number of aliphatic hydroxyl groups is 1. The molecule has 1 rings (SSSR count). The summed E-state index contributed by atoms with van der Waals surface area (Å²) >= 11 is 0. The van der Waals surface area contributed by atoms with Crippen LogP contribution in [0.2, 0.25) is 0 Å². The Balaban J connectivity index is 0. The second kappa shape index (κ2) is 9.35. The molecule has 0 saturated heterocycles. The van der Waals surface area contributed by atoms with Gasteiger partial charge in [0.05, 0.1) is 5.97 Å². The average molecular weight is 234 g/mol. The number of benzene rings is 1. The van der Waals surface area contributed by atoms with Crippen LogP contribution >= 0.6 is 0 Å². The summed E-state index contributed by atoms with van der Waals surface area (Å²) in [7, 11) is 0. The molecule has 0 saturated carbocycles. The summed E-state index contributed by atoms with van der Waals surface area (Å²) < 4.78 is 0. The van der Waals surface area contributed by atoms with Gasteiger partial charge in [0.1, 0.15) is 6.10 Å². The molecule has 1 aromatic carbocycles. The first-order valence-corrected chi connectivity index (χ1v) is 4.12. The van der Waals surface area contributed by atoms with Gasteiger partial charge < -0.3 is 20.1 Å². The van der Waals surface area contributed by atoms with Crippen molar-refractivity contribution in [2.75, 3.05) is 0 Å². The van der Waals surface area contributed by atoms with E-state index in [1.54, 1.807) is 18.2 Å². The molecule has 0 fully saturated rings. The standard InChI is InChI=1S/C7H6O2.C3H6O3.Na/c8-7(9)6-4-2-1-3-5-6;1-2(4)3(5)6;/h1-5H,(H,8,9);2,4H,1H3,(H,5,6);/q;;+1/p-1. The second-order valence-corrected chi connectivity index (χ2v) is 2.67. The summed E-state index contributed by atoms with van der Waals surface area (Å²) in [5.41, 5.74) is 0.220. The molecule has 5 nitrogen and oxygen atoms in total. The molecular formula is C10H11NaO5. The van der Waals surface area contributed by atoms with Crippen LogP contribution < -0.4 is 34.7 Å². The van der Waals surface area contributed by atoms with Crippen molar-refractivity contribution >= 4 is 11.9 Å². The van der Waals surface area contributed by atoms with Crippen LogP contribution in [0.3, 0.4) is 0 Å². The molecule has 0 aliphatic carbocycles. The Kier molecular flexibility index (Phi) is 10.2. The van der Waals surface area contributed by atoms with Crippen LogP contribution in [0.15, 0.2) is 30.3 Å². The van der Waals surface area contributed by atoms with Gasteiger partial charge in [-0.1, -0.05) is 30.3 Å². The minimum atomic E-state index is -1.23. The molecule has 16 heavy (non-hydrogen) atoms. The first kappa shape index (κ1) is 17.5. The van der Waals surface area contributed by atoms with E-state index in [2.05, 4.69) is 0 Å². The zero-order valence-corrected chi connectivity index (χ0v) is 11.1. The van der Waals surface area contributed by atoms with Gasteiger partial charge in [0.25, 0.3) is 0 Å². The Bertz CT molecular complexity index is 323. The summed E-state index contributed by atoms with van der Waals surface area (Å²) in [5.74, 6) is -2.31. The zero-order valence-electron chi connectivity index (χ0n) is 9.08. The molecule has 1 aromatic rings. The fourth-order valence-electron chi connectivity index (χ4n) is 0.574. The van der Waals surface area contributed by atoms with Gasteiger partial charge in [0.2, 0.25) is 0 Å². The number of carbonyl (C=O) groups is 2. The van der Waals surface area contributed by atoms with E-state index in [0.717, 1.165) is 0 Å². The third kappa shape index (κ3) is 8.43. The molecule has 0 heterocycles. The van der Waals surface area contributed by atoms with Gasteiger partial charge in [0.15, 0.2) is 0 Å². The largest absolute Gasteiger partial charge is 1.00 e. The molecule has 0 bridgehead atoms. The van der Waals surface area contributed by atoms with Crippen molar-refractivity contribution in [2.24, 2.45) is 0 Å². The third-order valence-corrected chi connectivity index (χ3v) is 1.37. The van der Waals surface area contributed by atoms with Crippen molar-refractivity contribution in [3.8, 4) is 0 Å². The Morgan fingerprint density at radius 1 is 1.25 bits per heavy atom. The minimum Gasteiger partial charge on any atom is -0.545 e. The van der Waals surface area contributed by atoms with Gasteiger partial charge in [-0.25, -0.2) is 4.79 Å². The molecule has 0 spiro atoms. The zero-order chi connectivity index (χ0) is 11.8. The van der Waals surface area contributed by atoms with Crippen molar-refractivity contribution in [2.45, 2.75) is 13.0 Å². The normalized spacial score (nSPS) is 10.1. The smallest absolute Gasteiger partial charge is 0.545 e. The van der Waals surface area contributed by atoms with Crippen LogP contribution in [0, 0.1) is 0 Å². The molecule has 82 valence electrons. The maximum absolute atomic E-state index is 10.1. The SMILES string of the molecule is CC(O)C(=O)O.O=C([O-])c1ccccc1.[Na+]. The van der Waals surface area contributed by atoms with E-state index in [1.165, 1.54) is 19.1 Å². The maximum Gasteiger partial charge on any atom is 1.00 e. The number of rotatable bonds is 2. The summed E-state index contributed by atoms with van der Waals surface area (Å²) in [6.45, 7) is 1.20. The van der Waals surface area contributed by atoms with E-state index in [1.807, 2.05) is 0 Å². The van der Waals surface area contributed by atoms with Crippen molar-refractivity contribution in [3.05, 3.63) is 35.9 Å². The number of hydrogen-bond donors (Lipinski definition) is 2. The van der Waals surface area contributed by atoms with Crippen LogP contribution in [0.5, 0.6) is 0 Å². The molecule has 0 aliphatic heterocycles. The topological polar surface area (TPSA) is 97.7 Å². The number of carboxylic acids is 2. The van der Waals surface area contributed by atoms with E-state index in [4.69, 9.17) is 10.2 Å². The van der Waals surface area contributed by atoms with E-state index in [0.29, 0.717) is 0 Å². The number of carboxylic acid groups (broad SMARTS) is 2. The number of hydrogen-bond acceptors (Lipinski definition) is 4. The van der Waals surface area contributed by atoms with Crippen molar-refractivity contribution in [1.82, 2.24) is 0 Å². The quantitative estimate of drug-likeness (QED) is 0.517. The third-order valence-electron chi connectivity index (χ3n) is 1.37. The summed E-state index contributed by atoms with van der Waals surface area (Å²) in [6, 6.07) is 8.06. The van der Waals surface area contributed by atoms with Gasteiger partial charge in [-0.15, -0.1) is 0 Å². The monoisotopic (exact) mass is 234 g/mol. The van der Waals surface area contributed by atoms with Gasteiger partial charge in [-0.05, 0) is 12.5 Å². The van der Waals surface area contributed by atoms with Crippen LogP contribution in [0.1, 0.15) is 17.3 Å². The van der Waals surface area contributed by atoms with Gasteiger partial charge >= 0.3 is 35.5 Å². The van der Waals surface area contributed by atoms with Crippen LogP contribution in [-0.4, -0.2) is 28.3 Å². The van der Waals surface area contributed by atoms with Crippen LogP contribution in [0.4, 0.5) is 0 Å². The first-order valence-electron chi connectivity index (χ1n) is 4.12. The van der Waals surface area contributed by atoms with E-state index < -0.39 is 18.0 Å². The molecule has 1 atom stereocenters.